The lowest BCUT2D eigenvalue weighted by Crippen LogP contribution is -2.15. The van der Waals surface area contributed by atoms with Crippen LogP contribution in [0, 0.1) is 13.8 Å². The average molecular weight is 263 g/mol. The van der Waals surface area contributed by atoms with E-state index in [1.807, 2.05) is 24.3 Å². The van der Waals surface area contributed by atoms with Crippen molar-refractivity contribution in [2.75, 3.05) is 0 Å². The Balaban J connectivity index is 2.05. The number of benzene rings is 2. The summed E-state index contributed by atoms with van der Waals surface area (Å²) in [4.78, 5) is 9.06. The highest BCUT2D eigenvalue weighted by Gasteiger charge is 2.13. The van der Waals surface area contributed by atoms with Gasteiger partial charge in [0.1, 0.15) is 0 Å². The molecule has 0 aliphatic rings. The third-order valence-electron chi connectivity index (χ3n) is 3.55. The second-order valence-corrected chi connectivity index (χ2v) is 5.12. The van der Waals surface area contributed by atoms with Gasteiger partial charge in [-0.2, -0.15) is 0 Å². The van der Waals surface area contributed by atoms with Gasteiger partial charge < -0.3 is 5.73 Å². The van der Waals surface area contributed by atoms with Crippen LogP contribution >= 0.6 is 0 Å². The molecule has 20 heavy (non-hydrogen) atoms. The number of hydrogen-bond donors (Lipinski definition) is 1. The van der Waals surface area contributed by atoms with E-state index in [0.717, 1.165) is 22.3 Å². The summed E-state index contributed by atoms with van der Waals surface area (Å²) in [5.74, 6) is 0. The molecule has 3 aromatic rings. The zero-order valence-corrected chi connectivity index (χ0v) is 11.7. The summed E-state index contributed by atoms with van der Waals surface area (Å²) in [6.45, 7) is 4.16. The molecule has 0 aliphatic carbocycles. The van der Waals surface area contributed by atoms with Gasteiger partial charge in [0.05, 0.1) is 29.0 Å². The fraction of sp³-hybridized carbons (Fsp3) is 0.176. The van der Waals surface area contributed by atoms with E-state index in [-0.39, 0.29) is 6.04 Å². The molecule has 3 rings (SSSR count). The minimum Gasteiger partial charge on any atom is -0.319 e. The van der Waals surface area contributed by atoms with Gasteiger partial charge >= 0.3 is 0 Å². The predicted octanol–water partition coefficient (Wildman–Crippen LogP) is 3.29. The Morgan fingerprint density at radius 3 is 2.50 bits per heavy atom. The minimum atomic E-state index is -0.243. The standard InChI is InChI=1S/C17H17N3/c1-11-7-8-13(12(2)9-11)17(18)16-10-19-14-5-3-4-6-15(14)20-16/h3-10,17H,18H2,1-2H3. The van der Waals surface area contributed by atoms with Crippen molar-refractivity contribution in [3.63, 3.8) is 0 Å². The van der Waals surface area contributed by atoms with Gasteiger partial charge in [0.25, 0.3) is 0 Å². The number of rotatable bonds is 2. The Labute approximate surface area is 118 Å². The van der Waals surface area contributed by atoms with Crippen LogP contribution in [0.15, 0.2) is 48.7 Å². The smallest absolute Gasteiger partial charge is 0.0890 e. The molecule has 0 saturated carbocycles. The van der Waals surface area contributed by atoms with E-state index in [1.165, 1.54) is 11.1 Å². The van der Waals surface area contributed by atoms with Crippen molar-refractivity contribution in [1.82, 2.24) is 9.97 Å². The normalized spacial score (nSPS) is 12.6. The Hall–Kier alpha value is -2.26. The molecule has 0 saturated heterocycles. The zero-order valence-electron chi connectivity index (χ0n) is 11.7. The van der Waals surface area contributed by atoms with Crippen molar-refractivity contribution < 1.29 is 0 Å². The highest BCUT2D eigenvalue weighted by Crippen LogP contribution is 2.23. The summed E-state index contributed by atoms with van der Waals surface area (Å²) < 4.78 is 0. The van der Waals surface area contributed by atoms with Crippen LogP contribution in [0.1, 0.15) is 28.4 Å². The topological polar surface area (TPSA) is 51.8 Å². The number of nitrogens with zero attached hydrogens (tertiary/aromatic N) is 2. The van der Waals surface area contributed by atoms with Crippen LogP contribution < -0.4 is 5.73 Å². The lowest BCUT2D eigenvalue weighted by atomic mass is 9.98. The number of fused-ring (bicyclic) bond motifs is 1. The van der Waals surface area contributed by atoms with E-state index in [2.05, 4.69) is 42.0 Å². The number of nitrogens with two attached hydrogens (primary N) is 1. The molecule has 2 aromatic carbocycles. The van der Waals surface area contributed by atoms with E-state index in [1.54, 1.807) is 6.20 Å². The monoisotopic (exact) mass is 263 g/mol. The van der Waals surface area contributed by atoms with Crippen LogP contribution in [-0.2, 0) is 0 Å². The maximum atomic E-state index is 6.36. The van der Waals surface area contributed by atoms with Crippen molar-refractivity contribution in [3.8, 4) is 0 Å². The molecule has 1 heterocycles. The number of aryl methyl sites for hydroxylation is 2. The quantitative estimate of drug-likeness (QED) is 0.771. The summed E-state index contributed by atoms with van der Waals surface area (Å²) in [6.07, 6.45) is 1.77. The van der Waals surface area contributed by atoms with Gasteiger partial charge in [-0.1, -0.05) is 35.9 Å². The Morgan fingerprint density at radius 1 is 1.00 bits per heavy atom. The van der Waals surface area contributed by atoms with Crippen molar-refractivity contribution in [2.24, 2.45) is 5.73 Å². The van der Waals surface area contributed by atoms with Gasteiger partial charge in [0.2, 0.25) is 0 Å². The Morgan fingerprint density at radius 2 is 1.75 bits per heavy atom. The lowest BCUT2D eigenvalue weighted by molar-refractivity contribution is 0.819. The highest BCUT2D eigenvalue weighted by atomic mass is 14.8. The van der Waals surface area contributed by atoms with Gasteiger partial charge in [-0.15, -0.1) is 0 Å². The average Bonchev–Trinajstić information content (AvgIpc) is 2.46. The second kappa shape index (κ2) is 5.02. The van der Waals surface area contributed by atoms with E-state index in [4.69, 9.17) is 5.73 Å². The highest BCUT2D eigenvalue weighted by molar-refractivity contribution is 5.73. The minimum absolute atomic E-state index is 0.243. The third-order valence-corrected chi connectivity index (χ3v) is 3.55. The third kappa shape index (κ3) is 2.28. The second-order valence-electron chi connectivity index (χ2n) is 5.12. The number of hydrogen-bond acceptors (Lipinski definition) is 3. The van der Waals surface area contributed by atoms with Crippen LogP contribution in [-0.4, -0.2) is 9.97 Å². The molecule has 0 spiro atoms. The van der Waals surface area contributed by atoms with Crippen LogP contribution in [0.3, 0.4) is 0 Å². The molecule has 1 aromatic heterocycles. The molecule has 2 N–H and O–H groups in total. The predicted molar refractivity (Wildman–Crippen MR) is 81.5 cm³/mol. The molecule has 0 fully saturated rings. The van der Waals surface area contributed by atoms with E-state index < -0.39 is 0 Å². The van der Waals surface area contributed by atoms with Crippen LogP contribution in [0.5, 0.6) is 0 Å². The molecule has 0 aliphatic heterocycles. The summed E-state index contributed by atoms with van der Waals surface area (Å²) >= 11 is 0. The summed E-state index contributed by atoms with van der Waals surface area (Å²) in [7, 11) is 0. The van der Waals surface area contributed by atoms with Crippen molar-refractivity contribution in [1.29, 1.82) is 0 Å². The molecular formula is C17H17N3. The van der Waals surface area contributed by atoms with E-state index in [0.29, 0.717) is 0 Å². The molecule has 3 nitrogen and oxygen atoms in total. The van der Waals surface area contributed by atoms with Gasteiger partial charge in [-0.05, 0) is 37.1 Å². The first-order chi connectivity index (χ1) is 9.65. The van der Waals surface area contributed by atoms with Gasteiger partial charge in [-0.3, -0.25) is 4.98 Å². The SMILES string of the molecule is Cc1ccc(C(N)c2cnc3ccccc3n2)c(C)c1. The van der Waals surface area contributed by atoms with Gasteiger partial charge in [-0.25, -0.2) is 4.98 Å². The first kappa shape index (κ1) is 12.8. The zero-order chi connectivity index (χ0) is 14.1. The van der Waals surface area contributed by atoms with Gasteiger partial charge in [0, 0.05) is 0 Å². The number of para-hydroxylation sites is 2. The van der Waals surface area contributed by atoms with Crippen molar-refractivity contribution in [3.05, 3.63) is 71.0 Å². The van der Waals surface area contributed by atoms with Gasteiger partial charge in [0.15, 0.2) is 0 Å². The molecule has 1 unspecified atom stereocenters. The maximum absolute atomic E-state index is 6.36. The lowest BCUT2D eigenvalue weighted by Gasteiger charge is -2.15. The van der Waals surface area contributed by atoms with Crippen molar-refractivity contribution >= 4 is 11.0 Å². The van der Waals surface area contributed by atoms with Crippen molar-refractivity contribution in [2.45, 2.75) is 19.9 Å². The van der Waals surface area contributed by atoms with Crippen LogP contribution in [0.25, 0.3) is 11.0 Å². The molecule has 1 atom stereocenters. The maximum Gasteiger partial charge on any atom is 0.0890 e. The van der Waals surface area contributed by atoms with E-state index >= 15 is 0 Å². The fourth-order valence-electron chi connectivity index (χ4n) is 2.46. The number of aromatic nitrogens is 2. The fourth-order valence-corrected chi connectivity index (χ4v) is 2.46. The first-order valence-corrected chi connectivity index (χ1v) is 6.69. The van der Waals surface area contributed by atoms with Crippen LogP contribution in [0.4, 0.5) is 0 Å². The summed E-state index contributed by atoms with van der Waals surface area (Å²) in [5, 5.41) is 0. The Bertz CT molecular complexity index is 765. The van der Waals surface area contributed by atoms with Crippen LogP contribution in [0.2, 0.25) is 0 Å². The summed E-state index contributed by atoms with van der Waals surface area (Å²) in [6, 6.07) is 13.9. The molecule has 0 bridgehead atoms. The largest absolute Gasteiger partial charge is 0.319 e. The summed E-state index contributed by atoms with van der Waals surface area (Å²) in [5.41, 5.74) is 12.5. The molecule has 100 valence electrons. The first-order valence-electron chi connectivity index (χ1n) is 6.69. The molecular weight excluding hydrogens is 246 g/mol. The molecule has 0 radical (unpaired) electrons. The molecule has 3 heteroatoms. The molecule has 0 amide bonds. The van der Waals surface area contributed by atoms with E-state index in [9.17, 15) is 0 Å². The Kier molecular flexibility index (Phi) is 3.20.